The zero-order chi connectivity index (χ0) is 19.0. The topological polar surface area (TPSA) is 74.3 Å². The predicted molar refractivity (Wildman–Crippen MR) is 106 cm³/mol. The predicted octanol–water partition coefficient (Wildman–Crippen LogP) is 3.63. The number of thioether (sulfide) groups is 1. The van der Waals surface area contributed by atoms with Crippen LogP contribution >= 0.6 is 23.1 Å². The van der Waals surface area contributed by atoms with E-state index >= 15 is 0 Å². The smallest absolute Gasteiger partial charge is 0.318 e. The molecule has 4 rings (SSSR count). The molecule has 0 radical (unpaired) electrons. The van der Waals surface area contributed by atoms with Gasteiger partial charge in [-0.05, 0) is 50.3 Å². The standard InChI is InChI=1S/C19H20N2O4S2/c1-11(18(23)24-2)26-19-20-16-15(13-7-3-4-8-14(13)27-16)17(22)21(19)10-12-6-5-9-25-12/h5-6,9,11H,3-4,7-8,10H2,1-2H3. The van der Waals surface area contributed by atoms with Crippen molar-refractivity contribution in [2.24, 2.45) is 0 Å². The molecule has 0 N–H and O–H groups in total. The Labute approximate surface area is 164 Å². The number of aromatic nitrogens is 2. The number of aryl methyl sites for hydroxylation is 2. The van der Waals surface area contributed by atoms with Gasteiger partial charge in [-0.1, -0.05) is 11.8 Å². The number of methoxy groups -OCH3 is 1. The summed E-state index contributed by atoms with van der Waals surface area (Å²) >= 11 is 2.85. The van der Waals surface area contributed by atoms with Gasteiger partial charge in [-0.25, -0.2) is 4.98 Å². The molecule has 8 heteroatoms. The number of rotatable bonds is 5. The molecule has 1 atom stereocenters. The Balaban J connectivity index is 1.86. The fraction of sp³-hybridized carbons (Fsp3) is 0.421. The molecule has 0 fully saturated rings. The van der Waals surface area contributed by atoms with E-state index in [1.54, 1.807) is 35.2 Å². The third kappa shape index (κ3) is 3.43. The van der Waals surface area contributed by atoms with Gasteiger partial charge >= 0.3 is 5.97 Å². The molecule has 0 aliphatic heterocycles. The normalized spacial score (nSPS) is 14.9. The third-order valence-electron chi connectivity index (χ3n) is 4.75. The lowest BCUT2D eigenvalue weighted by atomic mass is 9.97. The number of esters is 1. The highest BCUT2D eigenvalue weighted by Gasteiger charge is 2.25. The van der Waals surface area contributed by atoms with Crippen LogP contribution in [0.5, 0.6) is 0 Å². The van der Waals surface area contributed by atoms with E-state index in [0.29, 0.717) is 10.9 Å². The molecule has 3 heterocycles. The Kier molecular flexibility index (Phi) is 5.10. The van der Waals surface area contributed by atoms with E-state index in [2.05, 4.69) is 0 Å². The molecule has 6 nitrogen and oxygen atoms in total. The molecule has 1 aliphatic carbocycles. The molecule has 0 spiro atoms. The van der Waals surface area contributed by atoms with Crippen molar-refractivity contribution in [1.29, 1.82) is 0 Å². The zero-order valence-electron chi connectivity index (χ0n) is 15.2. The highest BCUT2D eigenvalue weighted by atomic mass is 32.2. The molecular weight excluding hydrogens is 384 g/mol. The van der Waals surface area contributed by atoms with Crippen LogP contribution in [0.4, 0.5) is 0 Å². The number of thiophene rings is 1. The molecular formula is C19H20N2O4S2. The maximum absolute atomic E-state index is 13.4. The van der Waals surface area contributed by atoms with Crippen molar-refractivity contribution >= 4 is 39.3 Å². The van der Waals surface area contributed by atoms with Crippen LogP contribution in [0.3, 0.4) is 0 Å². The summed E-state index contributed by atoms with van der Waals surface area (Å²) in [6.45, 7) is 2.04. The SMILES string of the molecule is COC(=O)C(C)Sc1nc2sc3c(c2c(=O)n1Cc1ccco1)CCCC3. The van der Waals surface area contributed by atoms with E-state index in [4.69, 9.17) is 14.1 Å². The molecule has 0 saturated heterocycles. The summed E-state index contributed by atoms with van der Waals surface area (Å²) in [5.41, 5.74) is 1.10. The van der Waals surface area contributed by atoms with Crippen molar-refractivity contribution in [3.05, 3.63) is 45.0 Å². The minimum atomic E-state index is -0.461. The van der Waals surface area contributed by atoms with Gasteiger partial charge in [-0.15, -0.1) is 11.3 Å². The van der Waals surface area contributed by atoms with Gasteiger partial charge in [0.05, 0.1) is 25.3 Å². The number of carbonyl (C=O) groups is 1. The average molecular weight is 405 g/mol. The summed E-state index contributed by atoms with van der Waals surface area (Å²) < 4.78 is 11.9. The molecule has 27 heavy (non-hydrogen) atoms. The van der Waals surface area contributed by atoms with Crippen molar-refractivity contribution in [2.75, 3.05) is 7.11 Å². The Hall–Kier alpha value is -2.06. The average Bonchev–Trinajstić information content (AvgIpc) is 3.31. The van der Waals surface area contributed by atoms with Gasteiger partial charge in [0.15, 0.2) is 5.16 Å². The Morgan fingerprint density at radius 3 is 3.00 bits per heavy atom. The fourth-order valence-corrected chi connectivity index (χ4v) is 5.62. The lowest BCUT2D eigenvalue weighted by Crippen LogP contribution is -2.26. The minimum absolute atomic E-state index is 0.0598. The number of nitrogens with zero attached hydrogens (tertiary/aromatic N) is 2. The first-order chi connectivity index (χ1) is 13.1. The molecule has 0 bridgehead atoms. The van der Waals surface area contributed by atoms with Gasteiger partial charge in [0, 0.05) is 4.88 Å². The van der Waals surface area contributed by atoms with E-state index in [-0.39, 0.29) is 18.1 Å². The quantitative estimate of drug-likeness (QED) is 0.367. The molecule has 1 unspecified atom stereocenters. The third-order valence-corrected chi connectivity index (χ3v) is 7.00. The zero-order valence-corrected chi connectivity index (χ0v) is 16.8. The van der Waals surface area contributed by atoms with Crippen molar-refractivity contribution in [1.82, 2.24) is 9.55 Å². The van der Waals surface area contributed by atoms with Gasteiger partial charge < -0.3 is 9.15 Å². The first-order valence-electron chi connectivity index (χ1n) is 8.90. The largest absolute Gasteiger partial charge is 0.468 e. The number of ether oxygens (including phenoxy) is 1. The van der Waals surface area contributed by atoms with Gasteiger partial charge in [-0.3, -0.25) is 14.2 Å². The van der Waals surface area contributed by atoms with E-state index in [1.807, 2.05) is 6.07 Å². The summed E-state index contributed by atoms with van der Waals surface area (Å²) in [5, 5.41) is 0.786. The number of furan rings is 1. The maximum atomic E-state index is 13.4. The van der Waals surface area contributed by atoms with Crippen molar-refractivity contribution < 1.29 is 13.9 Å². The van der Waals surface area contributed by atoms with Crippen LogP contribution in [0.2, 0.25) is 0 Å². The minimum Gasteiger partial charge on any atom is -0.468 e. The van der Waals surface area contributed by atoms with Gasteiger partial charge in [-0.2, -0.15) is 0 Å². The summed E-state index contributed by atoms with van der Waals surface area (Å²) in [6, 6.07) is 3.63. The summed E-state index contributed by atoms with van der Waals surface area (Å²) in [7, 11) is 1.36. The lowest BCUT2D eigenvalue weighted by Gasteiger charge is -2.14. The summed E-state index contributed by atoms with van der Waals surface area (Å²) in [4.78, 5) is 32.1. The van der Waals surface area contributed by atoms with Crippen LogP contribution in [0.1, 0.15) is 36.0 Å². The lowest BCUT2D eigenvalue weighted by molar-refractivity contribution is -0.139. The molecule has 142 valence electrons. The van der Waals surface area contributed by atoms with E-state index in [0.717, 1.165) is 41.5 Å². The number of carbonyl (C=O) groups excluding carboxylic acids is 1. The number of hydrogen-bond donors (Lipinski definition) is 0. The molecule has 0 amide bonds. The monoisotopic (exact) mass is 404 g/mol. The van der Waals surface area contributed by atoms with Gasteiger partial charge in [0.25, 0.3) is 5.56 Å². The van der Waals surface area contributed by atoms with Crippen molar-refractivity contribution in [3.63, 3.8) is 0 Å². The summed E-state index contributed by atoms with van der Waals surface area (Å²) in [5.74, 6) is 0.333. The Morgan fingerprint density at radius 2 is 2.26 bits per heavy atom. The summed E-state index contributed by atoms with van der Waals surface area (Å²) in [6.07, 6.45) is 5.78. The van der Waals surface area contributed by atoms with E-state index in [1.165, 1.54) is 23.7 Å². The van der Waals surface area contributed by atoms with Crippen LogP contribution in [0, 0.1) is 0 Å². The van der Waals surface area contributed by atoms with Crippen LogP contribution in [0.15, 0.2) is 32.8 Å². The molecule has 0 aromatic carbocycles. The van der Waals surface area contributed by atoms with Gasteiger partial charge in [0.1, 0.15) is 15.8 Å². The molecule has 1 aliphatic rings. The van der Waals surface area contributed by atoms with Gasteiger partial charge in [0.2, 0.25) is 0 Å². The van der Waals surface area contributed by atoms with Crippen LogP contribution in [-0.4, -0.2) is 27.9 Å². The van der Waals surface area contributed by atoms with E-state index in [9.17, 15) is 9.59 Å². The molecule has 3 aromatic rings. The van der Waals surface area contributed by atoms with Crippen LogP contribution in [0.25, 0.3) is 10.2 Å². The van der Waals surface area contributed by atoms with E-state index < -0.39 is 5.25 Å². The second kappa shape index (κ2) is 7.52. The second-order valence-electron chi connectivity index (χ2n) is 6.54. The van der Waals surface area contributed by atoms with Crippen molar-refractivity contribution in [3.8, 4) is 0 Å². The van der Waals surface area contributed by atoms with Crippen LogP contribution in [-0.2, 0) is 28.9 Å². The first kappa shape index (κ1) is 18.3. The second-order valence-corrected chi connectivity index (χ2v) is 8.93. The number of fused-ring (bicyclic) bond motifs is 3. The Bertz CT molecular complexity index is 1040. The maximum Gasteiger partial charge on any atom is 0.318 e. The highest BCUT2D eigenvalue weighted by Crippen LogP contribution is 2.35. The van der Waals surface area contributed by atoms with Crippen molar-refractivity contribution in [2.45, 2.75) is 49.6 Å². The number of hydrogen-bond acceptors (Lipinski definition) is 7. The van der Waals surface area contributed by atoms with Crippen LogP contribution < -0.4 is 5.56 Å². The Morgan fingerprint density at radius 1 is 1.44 bits per heavy atom. The highest BCUT2D eigenvalue weighted by molar-refractivity contribution is 8.00. The first-order valence-corrected chi connectivity index (χ1v) is 10.6. The molecule has 3 aromatic heterocycles. The fourth-order valence-electron chi connectivity index (χ4n) is 3.38. The molecule has 0 saturated carbocycles.